The Bertz CT molecular complexity index is 841. The van der Waals surface area contributed by atoms with Crippen LogP contribution in [0, 0.1) is 5.82 Å². The molecule has 2 atom stereocenters. The van der Waals surface area contributed by atoms with Crippen molar-refractivity contribution in [3.05, 3.63) is 65.5 Å². The number of nitrogens with zero attached hydrogens (tertiary/aromatic N) is 1. The Hall–Kier alpha value is -2.69. The quantitative estimate of drug-likeness (QED) is 0.789. The van der Waals surface area contributed by atoms with Crippen molar-refractivity contribution in [1.29, 1.82) is 0 Å². The molecule has 0 N–H and O–H groups in total. The molecular formula is C19H18FNO3. The van der Waals surface area contributed by atoms with Gasteiger partial charge in [0.15, 0.2) is 0 Å². The van der Waals surface area contributed by atoms with Crippen LogP contribution in [0.5, 0.6) is 5.75 Å². The summed E-state index contributed by atoms with van der Waals surface area (Å²) >= 11 is 0. The van der Waals surface area contributed by atoms with E-state index in [0.717, 1.165) is 0 Å². The zero-order chi connectivity index (χ0) is 18.7. The second kappa shape index (κ2) is 7.25. The maximum atomic E-state index is 13.6. The molecule has 0 aliphatic carbocycles. The van der Waals surface area contributed by atoms with Crippen LogP contribution in [-0.2, 0) is 16.1 Å². The highest BCUT2D eigenvalue weighted by atomic mass is 19.1. The molecule has 2 aromatic carbocycles. The lowest BCUT2D eigenvalue weighted by Crippen LogP contribution is -2.16. The Labute approximate surface area is 142 Å². The van der Waals surface area contributed by atoms with Crippen LogP contribution in [-0.4, -0.2) is 24.8 Å². The zero-order valence-electron chi connectivity index (χ0n) is 15.2. The number of carbonyl (C=O) groups is 1. The molecule has 2 aromatic rings. The van der Waals surface area contributed by atoms with E-state index >= 15 is 0 Å². The maximum absolute atomic E-state index is 13.6. The molecule has 5 heteroatoms. The summed E-state index contributed by atoms with van der Waals surface area (Å²) in [5, 5.41) is 0. The third-order valence-electron chi connectivity index (χ3n) is 3.68. The van der Waals surface area contributed by atoms with Crippen molar-refractivity contribution in [1.82, 2.24) is 0 Å². The molecule has 0 bridgehead atoms. The summed E-state index contributed by atoms with van der Waals surface area (Å²) in [4.78, 5) is 15.8. The number of ether oxygens (including phenoxy) is 2. The van der Waals surface area contributed by atoms with E-state index in [1.54, 1.807) is 42.5 Å². The first-order valence-electron chi connectivity index (χ1n) is 8.58. The van der Waals surface area contributed by atoms with Crippen LogP contribution in [0.2, 0.25) is 0 Å². The Morgan fingerprint density at radius 1 is 1.33 bits per heavy atom. The van der Waals surface area contributed by atoms with Gasteiger partial charge in [-0.2, -0.15) is 0 Å². The van der Waals surface area contributed by atoms with Crippen LogP contribution in [0.4, 0.5) is 4.39 Å². The van der Waals surface area contributed by atoms with E-state index < -0.39 is 18.4 Å². The molecule has 0 saturated carbocycles. The van der Waals surface area contributed by atoms with Crippen molar-refractivity contribution in [2.24, 2.45) is 4.99 Å². The summed E-state index contributed by atoms with van der Waals surface area (Å²) in [6.07, 6.45) is -0.824. The fourth-order valence-corrected chi connectivity index (χ4v) is 2.37. The number of hydrogen-bond acceptors (Lipinski definition) is 4. The van der Waals surface area contributed by atoms with E-state index in [9.17, 15) is 9.18 Å². The molecule has 3 rings (SSSR count). The highest BCUT2D eigenvalue weighted by Gasteiger charge is 2.25. The van der Waals surface area contributed by atoms with Crippen molar-refractivity contribution >= 4 is 11.7 Å². The van der Waals surface area contributed by atoms with Gasteiger partial charge in [-0.1, -0.05) is 18.2 Å². The Morgan fingerprint density at radius 3 is 2.79 bits per heavy atom. The van der Waals surface area contributed by atoms with Crippen LogP contribution in [0.15, 0.2) is 53.5 Å². The van der Waals surface area contributed by atoms with E-state index in [0.29, 0.717) is 22.6 Å². The summed E-state index contributed by atoms with van der Waals surface area (Å²) in [7, 11) is 1.18. The number of aliphatic imine (C=N–C) groups is 1. The number of benzene rings is 2. The van der Waals surface area contributed by atoms with Crippen molar-refractivity contribution < 1.29 is 21.4 Å². The summed E-state index contributed by atoms with van der Waals surface area (Å²) in [6, 6.07) is 11.4. The largest absolute Gasteiger partial charge is 0.489 e. The Morgan fingerprint density at radius 2 is 2.08 bits per heavy atom. The standard InChI is InChI=1S/C19H18FNO3/c1-23-19(22)18-11-10-17(21-18)13-6-8-15(9-7-13)24-12-14-4-2-3-5-16(14)20/h2-9,18H,10-12H2,1H3/t18-/m0/s1/i11D,18D/t11?,18-. The first-order valence-corrected chi connectivity index (χ1v) is 7.50. The summed E-state index contributed by atoms with van der Waals surface area (Å²) in [5.41, 5.74) is 1.68. The highest BCUT2D eigenvalue weighted by molar-refractivity contribution is 6.03. The number of methoxy groups -OCH3 is 1. The van der Waals surface area contributed by atoms with E-state index in [1.807, 2.05) is 0 Å². The molecule has 0 aromatic heterocycles. The third kappa shape index (κ3) is 3.62. The first-order chi connectivity index (χ1) is 12.4. The molecule has 0 amide bonds. The van der Waals surface area contributed by atoms with Crippen LogP contribution < -0.4 is 4.74 Å². The van der Waals surface area contributed by atoms with Gasteiger partial charge in [-0.05, 0) is 48.7 Å². The van der Waals surface area contributed by atoms with Gasteiger partial charge in [0.2, 0.25) is 0 Å². The normalized spacial score (nSPS) is 23.9. The van der Waals surface area contributed by atoms with E-state index in [1.165, 1.54) is 13.2 Å². The SMILES string of the molecule is [2H]C1CC(c2ccc(OCc3ccccc3F)cc2)=N[C@]1([2H])C(=O)OC. The molecule has 4 nitrogen and oxygen atoms in total. The fourth-order valence-electron chi connectivity index (χ4n) is 2.37. The lowest BCUT2D eigenvalue weighted by molar-refractivity contribution is -0.141. The summed E-state index contributed by atoms with van der Waals surface area (Å²) < 4.78 is 39.8. The van der Waals surface area contributed by atoms with Gasteiger partial charge in [0.1, 0.15) is 24.2 Å². The second-order valence-electron chi connectivity index (χ2n) is 5.25. The monoisotopic (exact) mass is 329 g/mol. The average molecular weight is 329 g/mol. The molecule has 0 spiro atoms. The van der Waals surface area contributed by atoms with E-state index in [4.69, 9.17) is 7.48 Å². The predicted octanol–water partition coefficient (Wildman–Crippen LogP) is 3.53. The van der Waals surface area contributed by atoms with Gasteiger partial charge < -0.3 is 9.47 Å². The van der Waals surface area contributed by atoms with Crippen LogP contribution in [0.3, 0.4) is 0 Å². The van der Waals surface area contributed by atoms with E-state index in [-0.39, 0.29) is 18.8 Å². The van der Waals surface area contributed by atoms with Crippen molar-refractivity contribution in [2.45, 2.75) is 25.4 Å². The first kappa shape index (κ1) is 13.7. The third-order valence-corrected chi connectivity index (χ3v) is 3.68. The van der Waals surface area contributed by atoms with Gasteiger partial charge in [-0.15, -0.1) is 0 Å². The topological polar surface area (TPSA) is 47.9 Å². The molecule has 0 fully saturated rings. The minimum absolute atomic E-state index is 0.111. The van der Waals surface area contributed by atoms with Gasteiger partial charge >= 0.3 is 5.97 Å². The maximum Gasteiger partial charge on any atom is 0.330 e. The molecule has 1 unspecified atom stereocenters. The molecule has 1 aliphatic heterocycles. The Balaban J connectivity index is 1.71. The van der Waals surface area contributed by atoms with Gasteiger partial charge in [0.05, 0.1) is 8.48 Å². The highest BCUT2D eigenvalue weighted by Crippen LogP contribution is 2.22. The van der Waals surface area contributed by atoms with Gasteiger partial charge in [-0.25, -0.2) is 9.18 Å². The van der Waals surface area contributed by atoms with Crippen molar-refractivity contribution in [3.8, 4) is 5.75 Å². The molecule has 1 aliphatic rings. The molecule has 1 heterocycles. The molecule has 24 heavy (non-hydrogen) atoms. The van der Waals surface area contributed by atoms with Gasteiger partial charge in [0, 0.05) is 12.6 Å². The van der Waals surface area contributed by atoms with Crippen LogP contribution in [0.1, 0.15) is 26.7 Å². The Kier molecular flexibility index (Phi) is 4.15. The number of carbonyl (C=O) groups excluding carboxylic acids is 1. The van der Waals surface area contributed by atoms with E-state index in [2.05, 4.69) is 9.73 Å². The number of esters is 1. The summed E-state index contributed by atoms with van der Waals surface area (Å²) in [5.74, 6) is -0.596. The average Bonchev–Trinajstić information content (AvgIpc) is 2.97. The molecule has 124 valence electrons. The predicted molar refractivity (Wildman–Crippen MR) is 88.7 cm³/mol. The molecule has 0 saturated heterocycles. The molecule has 0 radical (unpaired) electrons. The molecular weight excluding hydrogens is 309 g/mol. The van der Waals surface area contributed by atoms with Crippen molar-refractivity contribution in [3.63, 3.8) is 0 Å². The minimum atomic E-state index is -1.93. The lowest BCUT2D eigenvalue weighted by Gasteiger charge is -2.08. The fraction of sp³-hybridized carbons (Fsp3) is 0.263. The minimum Gasteiger partial charge on any atom is -0.489 e. The van der Waals surface area contributed by atoms with Crippen molar-refractivity contribution in [2.75, 3.05) is 7.11 Å². The lowest BCUT2D eigenvalue weighted by atomic mass is 10.1. The smallest absolute Gasteiger partial charge is 0.330 e. The second-order valence-corrected chi connectivity index (χ2v) is 5.25. The van der Waals surface area contributed by atoms with Crippen LogP contribution in [0.25, 0.3) is 0 Å². The summed E-state index contributed by atoms with van der Waals surface area (Å²) in [6.45, 7) is 0.111. The number of halogens is 1. The van der Waals surface area contributed by atoms with Crippen LogP contribution >= 0.6 is 0 Å². The van der Waals surface area contributed by atoms with Gasteiger partial charge in [-0.3, -0.25) is 4.99 Å². The number of rotatable bonds is 5. The van der Waals surface area contributed by atoms with Gasteiger partial charge in [0.25, 0.3) is 0 Å². The number of hydrogen-bond donors (Lipinski definition) is 0. The zero-order valence-corrected chi connectivity index (χ0v) is 13.2.